The minimum Gasteiger partial charge on any atom is -0.378 e. The number of fused-ring (bicyclic) bond motifs is 1. The Balaban J connectivity index is 1.89. The third kappa shape index (κ3) is 4.01. The molecule has 1 unspecified atom stereocenters. The van der Waals surface area contributed by atoms with Gasteiger partial charge in [0.05, 0.1) is 17.4 Å². The molecule has 29 heavy (non-hydrogen) atoms. The predicted octanol–water partition coefficient (Wildman–Crippen LogP) is 5.67. The molecule has 0 spiro atoms. The Kier molecular flexibility index (Phi) is 5.59. The molecular formula is C26H27N3. The third-order valence-electron chi connectivity index (χ3n) is 5.34. The second-order valence-electron chi connectivity index (χ2n) is 7.51. The van der Waals surface area contributed by atoms with Gasteiger partial charge in [-0.25, -0.2) is 0 Å². The number of nitrogens with zero attached hydrogens (tertiary/aromatic N) is 2. The van der Waals surface area contributed by atoms with Crippen molar-refractivity contribution >= 4 is 16.5 Å². The molecule has 0 fully saturated rings. The van der Waals surface area contributed by atoms with Gasteiger partial charge in [-0.2, -0.15) is 0 Å². The lowest BCUT2D eigenvalue weighted by Crippen LogP contribution is -2.20. The van der Waals surface area contributed by atoms with Crippen LogP contribution in [0.5, 0.6) is 0 Å². The van der Waals surface area contributed by atoms with Crippen molar-refractivity contribution in [2.75, 3.05) is 26.0 Å². The Hall–Kier alpha value is -3.17. The molecule has 1 N–H and O–H groups in total. The van der Waals surface area contributed by atoms with Gasteiger partial charge < -0.3 is 10.2 Å². The van der Waals surface area contributed by atoms with Crippen LogP contribution < -0.4 is 10.2 Å². The highest BCUT2D eigenvalue weighted by Crippen LogP contribution is 2.33. The van der Waals surface area contributed by atoms with E-state index in [2.05, 4.69) is 109 Å². The van der Waals surface area contributed by atoms with Gasteiger partial charge in [-0.15, -0.1) is 0 Å². The molecule has 0 bridgehead atoms. The topological polar surface area (TPSA) is 28.2 Å². The summed E-state index contributed by atoms with van der Waals surface area (Å²) in [5, 5.41) is 5.92. The summed E-state index contributed by atoms with van der Waals surface area (Å²) < 4.78 is 0. The largest absolute Gasteiger partial charge is 0.378 e. The molecule has 2 aromatic carbocycles. The van der Waals surface area contributed by atoms with Gasteiger partial charge in [0, 0.05) is 25.3 Å². The van der Waals surface area contributed by atoms with Crippen LogP contribution in [0.25, 0.3) is 22.0 Å². The fourth-order valence-electron chi connectivity index (χ4n) is 3.80. The molecule has 146 valence electrons. The van der Waals surface area contributed by atoms with Crippen molar-refractivity contribution in [1.82, 2.24) is 10.3 Å². The Morgan fingerprint density at radius 2 is 1.83 bits per heavy atom. The van der Waals surface area contributed by atoms with Gasteiger partial charge in [-0.3, -0.25) is 4.98 Å². The molecule has 0 saturated carbocycles. The van der Waals surface area contributed by atoms with E-state index in [1.165, 1.54) is 16.3 Å². The molecule has 3 aromatic rings. The molecule has 1 atom stereocenters. The highest BCUT2D eigenvalue weighted by molar-refractivity contribution is 5.96. The molecule has 3 nitrogen and oxygen atoms in total. The van der Waals surface area contributed by atoms with Crippen molar-refractivity contribution in [1.29, 1.82) is 0 Å². The molecule has 1 aliphatic carbocycles. The summed E-state index contributed by atoms with van der Waals surface area (Å²) in [5.74, 6) is 0. The Bertz CT molecular complexity index is 1100. The molecule has 0 saturated heterocycles. The zero-order valence-corrected chi connectivity index (χ0v) is 17.3. The fraction of sp³-hybridized carbons (Fsp3) is 0.192. The van der Waals surface area contributed by atoms with E-state index in [9.17, 15) is 0 Å². The van der Waals surface area contributed by atoms with Crippen LogP contribution >= 0.6 is 0 Å². The van der Waals surface area contributed by atoms with Crippen molar-refractivity contribution in [3.63, 3.8) is 0 Å². The number of likely N-dealkylation sites (N-methyl/N-ethyl adjacent to an activating group) is 1. The number of benzene rings is 2. The summed E-state index contributed by atoms with van der Waals surface area (Å²) in [4.78, 5) is 7.27. The van der Waals surface area contributed by atoms with Gasteiger partial charge in [0.2, 0.25) is 0 Å². The number of hydrogen-bond donors (Lipinski definition) is 1. The van der Waals surface area contributed by atoms with Crippen molar-refractivity contribution in [2.45, 2.75) is 12.5 Å². The smallest absolute Gasteiger partial charge is 0.0749 e. The van der Waals surface area contributed by atoms with Crippen LogP contribution in [0.2, 0.25) is 0 Å². The molecule has 0 amide bonds. The number of aromatic nitrogens is 1. The van der Waals surface area contributed by atoms with E-state index in [4.69, 9.17) is 4.98 Å². The second-order valence-corrected chi connectivity index (χ2v) is 7.51. The second kappa shape index (κ2) is 8.46. The molecule has 1 aliphatic rings. The van der Waals surface area contributed by atoms with Crippen LogP contribution in [0.15, 0.2) is 90.6 Å². The first-order valence-electron chi connectivity index (χ1n) is 10.1. The highest BCUT2D eigenvalue weighted by Gasteiger charge is 2.18. The van der Waals surface area contributed by atoms with E-state index < -0.39 is 0 Å². The summed E-state index contributed by atoms with van der Waals surface area (Å²) in [6.45, 7) is 0. The van der Waals surface area contributed by atoms with E-state index in [1.807, 2.05) is 7.05 Å². The van der Waals surface area contributed by atoms with Gasteiger partial charge in [0.1, 0.15) is 0 Å². The minimum atomic E-state index is 0.0302. The first kappa shape index (κ1) is 19.2. The molecule has 3 heteroatoms. The number of allylic oxidation sites excluding steroid dienone is 4. The van der Waals surface area contributed by atoms with Gasteiger partial charge in [0.25, 0.3) is 0 Å². The monoisotopic (exact) mass is 381 g/mol. The van der Waals surface area contributed by atoms with E-state index in [0.717, 1.165) is 29.1 Å². The SMILES string of the molecule is CNC(C1=CC=CCC=C1)c1cc(N(C)C)cc(-c2cccc3ccccc23)n1. The summed E-state index contributed by atoms with van der Waals surface area (Å²) >= 11 is 0. The highest BCUT2D eigenvalue weighted by atomic mass is 15.1. The zero-order valence-electron chi connectivity index (χ0n) is 17.3. The normalized spacial score (nSPS) is 14.5. The summed E-state index contributed by atoms with van der Waals surface area (Å²) in [6.07, 6.45) is 11.8. The lowest BCUT2D eigenvalue weighted by molar-refractivity contribution is 0.670. The van der Waals surface area contributed by atoms with Gasteiger partial charge in [-0.05, 0) is 41.9 Å². The molecule has 1 heterocycles. The number of nitrogens with one attached hydrogen (secondary N) is 1. The lowest BCUT2D eigenvalue weighted by Gasteiger charge is -2.22. The van der Waals surface area contributed by atoms with Crippen LogP contribution in [0.1, 0.15) is 18.2 Å². The Labute approximate surface area is 173 Å². The summed E-state index contributed by atoms with van der Waals surface area (Å²) in [5.41, 5.74) is 5.54. The zero-order chi connectivity index (χ0) is 20.2. The van der Waals surface area contributed by atoms with Crippen LogP contribution in [0.3, 0.4) is 0 Å². The van der Waals surface area contributed by atoms with E-state index >= 15 is 0 Å². The number of hydrogen-bond acceptors (Lipinski definition) is 3. The quantitative estimate of drug-likeness (QED) is 0.617. The van der Waals surface area contributed by atoms with Crippen LogP contribution in [-0.4, -0.2) is 26.1 Å². The molecule has 0 radical (unpaired) electrons. The van der Waals surface area contributed by atoms with Crippen molar-refractivity contribution in [3.05, 3.63) is 96.2 Å². The van der Waals surface area contributed by atoms with Gasteiger partial charge in [0.15, 0.2) is 0 Å². The Morgan fingerprint density at radius 3 is 2.66 bits per heavy atom. The number of anilines is 1. The lowest BCUT2D eigenvalue weighted by atomic mass is 9.98. The number of rotatable bonds is 5. The summed E-state index contributed by atoms with van der Waals surface area (Å²) in [7, 11) is 6.15. The van der Waals surface area contributed by atoms with Crippen LogP contribution in [-0.2, 0) is 0 Å². The first-order chi connectivity index (χ1) is 14.2. The third-order valence-corrected chi connectivity index (χ3v) is 5.34. The van der Waals surface area contributed by atoms with E-state index in [-0.39, 0.29) is 6.04 Å². The average Bonchev–Trinajstić information content (AvgIpc) is 3.03. The standard InChI is InChI=1S/C26H27N3/c1-27-26(20-12-6-4-5-7-13-20)25-18-21(29(2)3)17-24(28-25)23-16-10-14-19-11-8-9-15-22(19)23/h4,6-18,26-27H,5H2,1-3H3. The van der Waals surface area contributed by atoms with Crippen LogP contribution in [0, 0.1) is 0 Å². The minimum absolute atomic E-state index is 0.0302. The average molecular weight is 382 g/mol. The molecular weight excluding hydrogens is 354 g/mol. The number of pyridine rings is 1. The maximum Gasteiger partial charge on any atom is 0.0749 e. The molecule has 0 aliphatic heterocycles. The fourth-order valence-corrected chi connectivity index (χ4v) is 3.80. The van der Waals surface area contributed by atoms with Gasteiger partial charge >= 0.3 is 0 Å². The van der Waals surface area contributed by atoms with Crippen molar-refractivity contribution in [2.24, 2.45) is 0 Å². The van der Waals surface area contributed by atoms with E-state index in [0.29, 0.717) is 0 Å². The molecule has 1 aromatic heterocycles. The van der Waals surface area contributed by atoms with Crippen molar-refractivity contribution in [3.8, 4) is 11.3 Å². The Morgan fingerprint density at radius 1 is 1.00 bits per heavy atom. The maximum absolute atomic E-state index is 5.13. The molecule has 4 rings (SSSR count). The maximum atomic E-state index is 5.13. The summed E-state index contributed by atoms with van der Waals surface area (Å²) in [6, 6.07) is 19.3. The predicted molar refractivity (Wildman–Crippen MR) is 124 cm³/mol. The van der Waals surface area contributed by atoms with Crippen molar-refractivity contribution < 1.29 is 0 Å². The van der Waals surface area contributed by atoms with Gasteiger partial charge in [-0.1, -0.05) is 72.8 Å². The first-order valence-corrected chi connectivity index (χ1v) is 10.1. The van der Waals surface area contributed by atoms with Crippen LogP contribution in [0.4, 0.5) is 5.69 Å². The van der Waals surface area contributed by atoms with E-state index in [1.54, 1.807) is 0 Å².